The molecule has 0 unspecified atom stereocenters. The molecule has 0 rings (SSSR count). The second kappa shape index (κ2) is 18.9. The highest BCUT2D eigenvalue weighted by Crippen LogP contribution is 2.09. The average molecular weight is 324 g/mol. The van der Waals surface area contributed by atoms with Crippen LogP contribution in [0.4, 0.5) is 0 Å². The maximum absolute atomic E-state index is 11.3. The van der Waals surface area contributed by atoms with Crippen molar-refractivity contribution in [1.82, 2.24) is 5.32 Å². The Labute approximate surface area is 143 Å². The molecular formula is C20H37NO2. The molecule has 0 aliphatic heterocycles. The molecule has 0 aromatic carbocycles. The zero-order chi connectivity index (χ0) is 17.0. The molecule has 1 amide bonds. The van der Waals surface area contributed by atoms with E-state index in [0.717, 1.165) is 19.1 Å². The van der Waals surface area contributed by atoms with Gasteiger partial charge in [-0.2, -0.15) is 0 Å². The lowest BCUT2D eigenvalue weighted by atomic mass is 10.1. The lowest BCUT2D eigenvalue weighted by molar-refractivity contribution is -0.122. The van der Waals surface area contributed by atoms with Crippen molar-refractivity contribution in [1.29, 1.82) is 0 Å². The van der Waals surface area contributed by atoms with E-state index in [2.05, 4.69) is 24.4 Å². The number of carbonyl (C=O) groups is 2. The summed E-state index contributed by atoms with van der Waals surface area (Å²) in [5, 5.41) is 2.57. The first-order valence-electron chi connectivity index (χ1n) is 9.66. The van der Waals surface area contributed by atoms with Gasteiger partial charge in [0.15, 0.2) is 0 Å². The van der Waals surface area contributed by atoms with E-state index in [1.807, 2.05) is 0 Å². The predicted octanol–water partition coefficient (Wildman–Crippen LogP) is 5.34. The van der Waals surface area contributed by atoms with Crippen molar-refractivity contribution in [2.45, 2.75) is 96.8 Å². The van der Waals surface area contributed by atoms with E-state index in [-0.39, 0.29) is 12.5 Å². The number of rotatable bonds is 17. The summed E-state index contributed by atoms with van der Waals surface area (Å²) in [6, 6.07) is 0. The van der Waals surface area contributed by atoms with Crippen LogP contribution in [0.3, 0.4) is 0 Å². The van der Waals surface area contributed by atoms with Gasteiger partial charge in [0.1, 0.15) is 6.29 Å². The molecule has 3 heteroatoms. The summed E-state index contributed by atoms with van der Waals surface area (Å²) in [5.41, 5.74) is 0. The van der Waals surface area contributed by atoms with Gasteiger partial charge in [-0.3, -0.25) is 4.79 Å². The van der Waals surface area contributed by atoms with Crippen LogP contribution in [0.15, 0.2) is 12.2 Å². The molecule has 0 spiro atoms. The third kappa shape index (κ3) is 18.8. The molecule has 1 N–H and O–H groups in total. The predicted molar refractivity (Wildman–Crippen MR) is 98.5 cm³/mol. The Hall–Kier alpha value is -1.12. The zero-order valence-electron chi connectivity index (χ0n) is 15.2. The number of amides is 1. The first-order valence-corrected chi connectivity index (χ1v) is 9.66. The van der Waals surface area contributed by atoms with Gasteiger partial charge in [-0.05, 0) is 32.1 Å². The third-order valence-electron chi connectivity index (χ3n) is 4.05. The second-order valence-electron chi connectivity index (χ2n) is 6.31. The third-order valence-corrected chi connectivity index (χ3v) is 4.05. The van der Waals surface area contributed by atoms with Gasteiger partial charge in [-0.25, -0.2) is 0 Å². The topological polar surface area (TPSA) is 46.2 Å². The highest BCUT2D eigenvalue weighted by Gasteiger charge is 1.99. The highest BCUT2D eigenvalue weighted by molar-refractivity contribution is 5.78. The fourth-order valence-electron chi connectivity index (χ4n) is 2.60. The minimum atomic E-state index is -0.00488. The van der Waals surface area contributed by atoms with Crippen molar-refractivity contribution in [3.8, 4) is 0 Å². The van der Waals surface area contributed by atoms with Crippen molar-refractivity contribution in [3.05, 3.63) is 12.2 Å². The molecule has 0 radical (unpaired) electrons. The Bertz CT molecular complexity index is 300. The number of unbranched alkanes of at least 4 members (excludes halogenated alkanes) is 11. The van der Waals surface area contributed by atoms with Gasteiger partial charge in [0, 0.05) is 6.42 Å². The van der Waals surface area contributed by atoms with E-state index >= 15 is 0 Å². The summed E-state index contributed by atoms with van der Waals surface area (Å²) < 4.78 is 0. The van der Waals surface area contributed by atoms with Crippen LogP contribution in [-0.2, 0) is 9.59 Å². The molecule has 0 saturated heterocycles. The largest absolute Gasteiger partial charge is 0.349 e. The SMILES string of the molecule is CCCCCCCC/C=C/CCCCCCCC(=O)NCC=O. The summed E-state index contributed by atoms with van der Waals surface area (Å²) in [6.45, 7) is 2.40. The Morgan fingerprint density at radius 2 is 1.30 bits per heavy atom. The fraction of sp³-hybridized carbons (Fsp3) is 0.800. The number of hydrogen-bond donors (Lipinski definition) is 1. The van der Waals surface area contributed by atoms with E-state index in [1.54, 1.807) is 0 Å². The monoisotopic (exact) mass is 323 g/mol. The van der Waals surface area contributed by atoms with Gasteiger partial charge < -0.3 is 10.1 Å². The summed E-state index contributed by atoms with van der Waals surface area (Å²) in [7, 11) is 0. The summed E-state index contributed by atoms with van der Waals surface area (Å²) in [5.74, 6) is -0.00488. The van der Waals surface area contributed by atoms with Gasteiger partial charge in [0.25, 0.3) is 0 Å². The molecule has 0 heterocycles. The highest BCUT2D eigenvalue weighted by atomic mass is 16.2. The lowest BCUT2D eigenvalue weighted by Crippen LogP contribution is -2.24. The molecular weight excluding hydrogens is 286 g/mol. The van der Waals surface area contributed by atoms with Crippen LogP contribution in [-0.4, -0.2) is 18.7 Å². The summed E-state index contributed by atoms with van der Waals surface area (Å²) in [6.07, 6.45) is 22.3. The molecule has 0 atom stereocenters. The van der Waals surface area contributed by atoms with Crippen molar-refractivity contribution in [3.63, 3.8) is 0 Å². The molecule has 0 fully saturated rings. The van der Waals surface area contributed by atoms with Crippen molar-refractivity contribution in [2.75, 3.05) is 6.54 Å². The number of hydrogen-bond acceptors (Lipinski definition) is 2. The molecule has 0 aromatic heterocycles. The Balaban J connectivity index is 3.16. The second-order valence-corrected chi connectivity index (χ2v) is 6.31. The van der Waals surface area contributed by atoms with Crippen LogP contribution >= 0.6 is 0 Å². The number of nitrogens with one attached hydrogen (secondary N) is 1. The van der Waals surface area contributed by atoms with Gasteiger partial charge in [0.05, 0.1) is 6.54 Å². The maximum Gasteiger partial charge on any atom is 0.220 e. The van der Waals surface area contributed by atoms with E-state index in [9.17, 15) is 9.59 Å². The number of aldehydes is 1. The van der Waals surface area contributed by atoms with Crippen LogP contribution in [0, 0.1) is 0 Å². The molecule has 0 aliphatic carbocycles. The number of allylic oxidation sites excluding steroid dienone is 2. The van der Waals surface area contributed by atoms with Crippen molar-refractivity contribution >= 4 is 12.2 Å². The summed E-state index contributed by atoms with van der Waals surface area (Å²) >= 11 is 0. The summed E-state index contributed by atoms with van der Waals surface area (Å²) in [4.78, 5) is 21.4. The van der Waals surface area contributed by atoms with Crippen LogP contribution in [0.1, 0.15) is 96.8 Å². The molecule has 134 valence electrons. The maximum atomic E-state index is 11.3. The van der Waals surface area contributed by atoms with Gasteiger partial charge in [0.2, 0.25) is 5.91 Å². The Morgan fingerprint density at radius 3 is 1.87 bits per heavy atom. The molecule has 3 nitrogen and oxygen atoms in total. The van der Waals surface area contributed by atoms with E-state index in [4.69, 9.17) is 0 Å². The first kappa shape index (κ1) is 21.9. The minimum Gasteiger partial charge on any atom is -0.349 e. The minimum absolute atomic E-state index is 0.00488. The molecule has 0 bridgehead atoms. The zero-order valence-corrected chi connectivity index (χ0v) is 15.2. The van der Waals surface area contributed by atoms with Crippen molar-refractivity contribution < 1.29 is 9.59 Å². The van der Waals surface area contributed by atoms with Crippen LogP contribution in [0.25, 0.3) is 0 Å². The van der Waals surface area contributed by atoms with Crippen LogP contribution < -0.4 is 5.32 Å². The van der Waals surface area contributed by atoms with Crippen molar-refractivity contribution in [2.24, 2.45) is 0 Å². The Morgan fingerprint density at radius 1 is 0.783 bits per heavy atom. The Kier molecular flexibility index (Phi) is 18.0. The average Bonchev–Trinajstić information content (AvgIpc) is 2.56. The lowest BCUT2D eigenvalue weighted by Gasteiger charge is -2.01. The standard InChI is InChI=1S/C20H37NO2/c1-2-3-4-5-6-7-8-9-10-11-12-13-14-15-16-17-20(23)21-18-19-22/h9-10,19H,2-8,11-18H2,1H3,(H,21,23)/b10-9+. The van der Waals surface area contributed by atoms with Gasteiger partial charge >= 0.3 is 0 Å². The normalized spacial score (nSPS) is 11.0. The fourth-order valence-corrected chi connectivity index (χ4v) is 2.60. The first-order chi connectivity index (χ1) is 11.3. The van der Waals surface area contributed by atoms with Crippen LogP contribution in [0.2, 0.25) is 0 Å². The van der Waals surface area contributed by atoms with E-state index in [1.165, 1.54) is 70.6 Å². The molecule has 23 heavy (non-hydrogen) atoms. The molecule has 0 aromatic rings. The smallest absolute Gasteiger partial charge is 0.220 e. The van der Waals surface area contributed by atoms with Gasteiger partial charge in [-0.15, -0.1) is 0 Å². The van der Waals surface area contributed by atoms with Gasteiger partial charge in [-0.1, -0.05) is 70.4 Å². The quantitative estimate of drug-likeness (QED) is 0.223. The van der Waals surface area contributed by atoms with E-state index < -0.39 is 0 Å². The number of carbonyl (C=O) groups excluding carboxylic acids is 2. The van der Waals surface area contributed by atoms with Crippen LogP contribution in [0.5, 0.6) is 0 Å². The molecule has 0 aliphatic rings. The molecule has 0 saturated carbocycles. The van der Waals surface area contributed by atoms with E-state index in [0.29, 0.717) is 6.42 Å².